The second kappa shape index (κ2) is 6.84. The summed E-state index contributed by atoms with van der Waals surface area (Å²) in [6, 6.07) is 5.00. The summed E-state index contributed by atoms with van der Waals surface area (Å²) in [6.45, 7) is 5.33. The Morgan fingerprint density at radius 3 is 2.89 bits per heavy atom. The van der Waals surface area contributed by atoms with Crippen LogP contribution in [0, 0.1) is 12.7 Å². The van der Waals surface area contributed by atoms with Crippen LogP contribution in [0.2, 0.25) is 0 Å². The average Bonchev–Trinajstić information content (AvgIpc) is 2.42. The number of aliphatic hydroxyl groups is 1. The van der Waals surface area contributed by atoms with Crippen molar-refractivity contribution in [2.45, 2.75) is 13.0 Å². The molecule has 2 rings (SSSR count). The van der Waals surface area contributed by atoms with E-state index in [1.54, 1.807) is 25.1 Å². The Bertz CT molecular complexity index is 408. The van der Waals surface area contributed by atoms with E-state index in [9.17, 15) is 9.50 Å². The number of rotatable bonds is 5. The molecule has 0 aliphatic carbocycles. The first-order valence-electron chi connectivity index (χ1n) is 6.53. The highest BCUT2D eigenvalue weighted by molar-refractivity contribution is 5.30. The molecule has 1 aliphatic rings. The first-order chi connectivity index (χ1) is 9.16. The van der Waals surface area contributed by atoms with Crippen molar-refractivity contribution >= 4 is 0 Å². The van der Waals surface area contributed by atoms with Crippen molar-refractivity contribution in [1.29, 1.82) is 0 Å². The Morgan fingerprint density at radius 2 is 2.16 bits per heavy atom. The Morgan fingerprint density at radius 1 is 1.42 bits per heavy atom. The van der Waals surface area contributed by atoms with Gasteiger partial charge in [0.2, 0.25) is 0 Å². The van der Waals surface area contributed by atoms with Crippen molar-refractivity contribution in [2.75, 3.05) is 39.5 Å². The lowest BCUT2D eigenvalue weighted by Gasteiger charge is -2.28. The van der Waals surface area contributed by atoms with Crippen LogP contribution in [0.1, 0.15) is 5.56 Å². The molecule has 1 heterocycles. The molecule has 106 valence electrons. The summed E-state index contributed by atoms with van der Waals surface area (Å²) in [6.07, 6.45) is -0.627. The molecule has 0 saturated carbocycles. The maximum atomic E-state index is 13.7. The maximum Gasteiger partial charge on any atom is 0.167 e. The lowest BCUT2D eigenvalue weighted by molar-refractivity contribution is 0.00432. The molecule has 0 bridgehead atoms. The normalized spacial score (nSPS) is 18.3. The topological polar surface area (TPSA) is 41.9 Å². The minimum atomic E-state index is -0.627. The van der Waals surface area contributed by atoms with Gasteiger partial charge in [-0.15, -0.1) is 0 Å². The van der Waals surface area contributed by atoms with Gasteiger partial charge in [-0.2, -0.15) is 0 Å². The summed E-state index contributed by atoms with van der Waals surface area (Å²) < 4.78 is 24.3. The number of β-amino-alcohol motifs (C(OH)–C–C–N with tert-alkyl or cyclic N) is 1. The van der Waals surface area contributed by atoms with E-state index >= 15 is 0 Å². The molecule has 1 fully saturated rings. The summed E-state index contributed by atoms with van der Waals surface area (Å²) in [5, 5.41) is 9.89. The number of hydrogen-bond acceptors (Lipinski definition) is 4. The van der Waals surface area contributed by atoms with E-state index in [1.807, 2.05) is 0 Å². The molecule has 0 radical (unpaired) electrons. The predicted molar refractivity (Wildman–Crippen MR) is 69.9 cm³/mol. The highest BCUT2D eigenvalue weighted by atomic mass is 19.1. The standard InChI is InChI=1S/C14H20FNO3/c1-11-3-2-4-13(14(11)15)19-10-12(17)9-16-5-7-18-8-6-16/h2-4,12,17H,5-10H2,1H3. The zero-order valence-corrected chi connectivity index (χ0v) is 11.1. The van der Waals surface area contributed by atoms with Crippen LogP contribution in [0.15, 0.2) is 18.2 Å². The first-order valence-corrected chi connectivity index (χ1v) is 6.53. The second-order valence-corrected chi connectivity index (χ2v) is 4.76. The third-order valence-electron chi connectivity index (χ3n) is 3.16. The van der Waals surface area contributed by atoms with Crippen molar-refractivity contribution in [3.8, 4) is 5.75 Å². The number of nitrogens with zero attached hydrogens (tertiary/aromatic N) is 1. The molecule has 1 aliphatic heterocycles. The summed E-state index contributed by atoms with van der Waals surface area (Å²) in [5.74, 6) is -0.165. The monoisotopic (exact) mass is 269 g/mol. The van der Waals surface area contributed by atoms with E-state index in [2.05, 4.69) is 4.90 Å². The quantitative estimate of drug-likeness (QED) is 0.872. The van der Waals surface area contributed by atoms with Gasteiger partial charge in [0.25, 0.3) is 0 Å². The van der Waals surface area contributed by atoms with Crippen molar-refractivity contribution < 1.29 is 19.0 Å². The molecule has 1 aromatic carbocycles. The van der Waals surface area contributed by atoms with E-state index < -0.39 is 6.10 Å². The van der Waals surface area contributed by atoms with E-state index in [-0.39, 0.29) is 18.2 Å². The number of ether oxygens (including phenoxy) is 2. The van der Waals surface area contributed by atoms with Crippen LogP contribution in [0.5, 0.6) is 5.75 Å². The Kier molecular flexibility index (Phi) is 5.13. The van der Waals surface area contributed by atoms with E-state index in [1.165, 1.54) is 0 Å². The Labute approximate surface area is 112 Å². The number of hydrogen-bond donors (Lipinski definition) is 1. The van der Waals surface area contributed by atoms with Crippen LogP contribution in [0.3, 0.4) is 0 Å². The number of aliphatic hydroxyl groups excluding tert-OH is 1. The summed E-state index contributed by atoms with van der Waals surface area (Å²) in [5.41, 5.74) is 0.542. The highest BCUT2D eigenvalue weighted by Crippen LogP contribution is 2.19. The van der Waals surface area contributed by atoms with Gasteiger partial charge in [-0.25, -0.2) is 4.39 Å². The lowest BCUT2D eigenvalue weighted by Crippen LogP contribution is -2.42. The van der Waals surface area contributed by atoms with E-state index in [4.69, 9.17) is 9.47 Å². The third kappa shape index (κ3) is 4.16. The van der Waals surface area contributed by atoms with Gasteiger partial charge in [-0.3, -0.25) is 4.90 Å². The molecule has 0 amide bonds. The molecule has 19 heavy (non-hydrogen) atoms. The molecule has 1 aromatic rings. The summed E-state index contributed by atoms with van der Waals surface area (Å²) in [7, 11) is 0. The van der Waals surface area contributed by atoms with Crippen LogP contribution >= 0.6 is 0 Å². The number of benzene rings is 1. The second-order valence-electron chi connectivity index (χ2n) is 4.76. The molecule has 0 spiro atoms. The van der Waals surface area contributed by atoms with Gasteiger partial charge in [0.1, 0.15) is 12.7 Å². The lowest BCUT2D eigenvalue weighted by atomic mass is 10.2. The largest absolute Gasteiger partial charge is 0.488 e. The smallest absolute Gasteiger partial charge is 0.167 e. The SMILES string of the molecule is Cc1cccc(OCC(O)CN2CCOCC2)c1F. The molecule has 1 atom stereocenters. The number of aryl methyl sites for hydroxylation is 1. The zero-order chi connectivity index (χ0) is 13.7. The van der Waals surface area contributed by atoms with Crippen molar-refractivity contribution in [2.24, 2.45) is 0 Å². The van der Waals surface area contributed by atoms with Crippen LogP contribution in [-0.2, 0) is 4.74 Å². The van der Waals surface area contributed by atoms with Crippen molar-refractivity contribution in [3.63, 3.8) is 0 Å². The van der Waals surface area contributed by atoms with Crippen LogP contribution in [0.25, 0.3) is 0 Å². The first kappa shape index (κ1) is 14.2. The average molecular weight is 269 g/mol. The molecular formula is C14H20FNO3. The van der Waals surface area contributed by atoms with Crippen LogP contribution in [-0.4, -0.2) is 55.6 Å². The summed E-state index contributed by atoms with van der Waals surface area (Å²) in [4.78, 5) is 2.12. The molecule has 1 unspecified atom stereocenters. The molecule has 1 N–H and O–H groups in total. The maximum absolute atomic E-state index is 13.7. The van der Waals surface area contributed by atoms with Gasteiger partial charge < -0.3 is 14.6 Å². The zero-order valence-electron chi connectivity index (χ0n) is 11.1. The molecular weight excluding hydrogens is 249 g/mol. The van der Waals surface area contributed by atoms with E-state index in [0.717, 1.165) is 13.1 Å². The number of halogens is 1. The van der Waals surface area contributed by atoms with Gasteiger partial charge in [0.15, 0.2) is 11.6 Å². The minimum absolute atomic E-state index is 0.0950. The third-order valence-corrected chi connectivity index (χ3v) is 3.16. The highest BCUT2D eigenvalue weighted by Gasteiger charge is 2.16. The predicted octanol–water partition coefficient (Wildman–Crippen LogP) is 1.21. The molecule has 1 saturated heterocycles. The molecule has 5 heteroatoms. The van der Waals surface area contributed by atoms with E-state index in [0.29, 0.717) is 25.3 Å². The van der Waals surface area contributed by atoms with Crippen LogP contribution < -0.4 is 4.74 Å². The Hall–Kier alpha value is -1.17. The molecule has 0 aromatic heterocycles. The fraction of sp³-hybridized carbons (Fsp3) is 0.571. The summed E-state index contributed by atoms with van der Waals surface area (Å²) >= 11 is 0. The Balaban J connectivity index is 1.79. The number of morpholine rings is 1. The van der Waals surface area contributed by atoms with Gasteiger partial charge in [0, 0.05) is 19.6 Å². The van der Waals surface area contributed by atoms with Crippen LogP contribution in [0.4, 0.5) is 4.39 Å². The van der Waals surface area contributed by atoms with Crippen molar-refractivity contribution in [3.05, 3.63) is 29.6 Å². The molecule has 4 nitrogen and oxygen atoms in total. The fourth-order valence-corrected chi connectivity index (χ4v) is 2.05. The van der Waals surface area contributed by atoms with Gasteiger partial charge in [-0.05, 0) is 18.6 Å². The minimum Gasteiger partial charge on any atom is -0.488 e. The van der Waals surface area contributed by atoms with Gasteiger partial charge in [0.05, 0.1) is 13.2 Å². The fourth-order valence-electron chi connectivity index (χ4n) is 2.05. The van der Waals surface area contributed by atoms with Crippen molar-refractivity contribution in [1.82, 2.24) is 4.90 Å². The van der Waals surface area contributed by atoms with Gasteiger partial charge in [-0.1, -0.05) is 12.1 Å². The van der Waals surface area contributed by atoms with Gasteiger partial charge >= 0.3 is 0 Å².